The van der Waals surface area contributed by atoms with Crippen LogP contribution in [-0.2, 0) is 0 Å². The summed E-state index contributed by atoms with van der Waals surface area (Å²) in [6, 6.07) is 10.4. The van der Waals surface area contributed by atoms with E-state index in [0.717, 1.165) is 37.0 Å². The molecule has 6 heteroatoms. The van der Waals surface area contributed by atoms with Crippen LogP contribution in [0.3, 0.4) is 0 Å². The molecular formula is C13H17Cl2N3S. The van der Waals surface area contributed by atoms with Crippen LogP contribution in [0.4, 0.5) is 5.13 Å². The zero-order valence-corrected chi connectivity index (χ0v) is 12.9. The second-order valence-corrected chi connectivity index (χ2v) is 4.95. The minimum atomic E-state index is 0. The molecule has 0 spiro atoms. The second-order valence-electron chi connectivity index (χ2n) is 4.12. The number of rotatable bonds is 2. The fourth-order valence-corrected chi connectivity index (χ4v) is 2.90. The molecule has 1 aliphatic rings. The Kier molecular flexibility index (Phi) is 6.58. The van der Waals surface area contributed by atoms with E-state index in [9.17, 15) is 0 Å². The van der Waals surface area contributed by atoms with Gasteiger partial charge in [-0.1, -0.05) is 30.3 Å². The average Bonchev–Trinajstić information content (AvgIpc) is 2.90. The van der Waals surface area contributed by atoms with Gasteiger partial charge < -0.3 is 10.2 Å². The Hall–Kier alpha value is -0.810. The topological polar surface area (TPSA) is 28.2 Å². The molecule has 1 fully saturated rings. The van der Waals surface area contributed by atoms with Crippen LogP contribution in [-0.4, -0.2) is 31.2 Å². The SMILES string of the molecule is Cl.Cl.c1ccc(-c2csc(N3CCNCC3)n2)cc1. The summed E-state index contributed by atoms with van der Waals surface area (Å²) in [6.07, 6.45) is 0. The number of hydrogen-bond acceptors (Lipinski definition) is 4. The van der Waals surface area contributed by atoms with Gasteiger partial charge in [-0.25, -0.2) is 4.98 Å². The molecular weight excluding hydrogens is 301 g/mol. The predicted molar refractivity (Wildman–Crippen MR) is 87.1 cm³/mol. The van der Waals surface area contributed by atoms with E-state index >= 15 is 0 Å². The first-order valence-electron chi connectivity index (χ1n) is 5.90. The Morgan fingerprint density at radius 3 is 2.42 bits per heavy atom. The molecule has 0 radical (unpaired) electrons. The lowest BCUT2D eigenvalue weighted by molar-refractivity contribution is 0.588. The minimum absolute atomic E-state index is 0. The van der Waals surface area contributed by atoms with Gasteiger partial charge in [0.05, 0.1) is 5.69 Å². The molecule has 0 saturated carbocycles. The lowest BCUT2D eigenvalue weighted by Gasteiger charge is -2.26. The molecule has 0 amide bonds. The Balaban J connectivity index is 0.000000902. The number of hydrogen-bond donors (Lipinski definition) is 1. The van der Waals surface area contributed by atoms with Gasteiger partial charge in [-0.15, -0.1) is 36.2 Å². The first-order valence-corrected chi connectivity index (χ1v) is 6.78. The molecule has 2 heterocycles. The molecule has 3 nitrogen and oxygen atoms in total. The third-order valence-electron chi connectivity index (χ3n) is 2.95. The van der Waals surface area contributed by atoms with Crippen molar-refractivity contribution in [3.05, 3.63) is 35.7 Å². The third kappa shape index (κ3) is 3.83. The molecule has 1 saturated heterocycles. The molecule has 1 aliphatic heterocycles. The summed E-state index contributed by atoms with van der Waals surface area (Å²) < 4.78 is 0. The van der Waals surface area contributed by atoms with E-state index in [4.69, 9.17) is 4.98 Å². The van der Waals surface area contributed by atoms with Crippen molar-refractivity contribution in [3.8, 4) is 11.3 Å². The van der Waals surface area contributed by atoms with Crippen molar-refractivity contribution in [1.82, 2.24) is 10.3 Å². The number of piperazine rings is 1. The number of halogens is 2. The number of aromatic nitrogens is 1. The summed E-state index contributed by atoms with van der Waals surface area (Å²) in [5.74, 6) is 0. The molecule has 0 atom stereocenters. The molecule has 0 aliphatic carbocycles. The molecule has 1 aromatic heterocycles. The quantitative estimate of drug-likeness (QED) is 0.922. The van der Waals surface area contributed by atoms with Crippen LogP contribution < -0.4 is 10.2 Å². The molecule has 19 heavy (non-hydrogen) atoms. The standard InChI is InChI=1S/C13H15N3S.2ClH/c1-2-4-11(5-3-1)12-10-17-13(15-12)16-8-6-14-7-9-16;;/h1-5,10,14H,6-9H2;2*1H. The largest absolute Gasteiger partial charge is 0.346 e. The maximum Gasteiger partial charge on any atom is 0.185 e. The first-order chi connectivity index (χ1) is 8.43. The normalized spacial score (nSPS) is 14.4. The van der Waals surface area contributed by atoms with E-state index in [2.05, 4.69) is 39.9 Å². The zero-order valence-electron chi connectivity index (χ0n) is 10.4. The van der Waals surface area contributed by atoms with Crippen molar-refractivity contribution in [1.29, 1.82) is 0 Å². The lowest BCUT2D eigenvalue weighted by atomic mass is 10.2. The highest BCUT2D eigenvalue weighted by Gasteiger charge is 2.14. The van der Waals surface area contributed by atoms with Gasteiger partial charge in [-0.3, -0.25) is 0 Å². The summed E-state index contributed by atoms with van der Waals surface area (Å²) in [6.45, 7) is 4.23. The predicted octanol–water partition coefficient (Wildman–Crippen LogP) is 3.06. The highest BCUT2D eigenvalue weighted by atomic mass is 35.5. The van der Waals surface area contributed by atoms with Crippen LogP contribution in [0.1, 0.15) is 0 Å². The summed E-state index contributed by atoms with van der Waals surface area (Å²) in [5, 5.41) is 6.65. The Labute approximate surface area is 129 Å². The summed E-state index contributed by atoms with van der Waals surface area (Å²) in [7, 11) is 0. The van der Waals surface area contributed by atoms with E-state index in [-0.39, 0.29) is 24.8 Å². The number of thiazole rings is 1. The average molecular weight is 318 g/mol. The van der Waals surface area contributed by atoms with Crippen LogP contribution in [0, 0.1) is 0 Å². The van der Waals surface area contributed by atoms with E-state index < -0.39 is 0 Å². The van der Waals surface area contributed by atoms with E-state index in [1.165, 1.54) is 5.56 Å². The van der Waals surface area contributed by atoms with Crippen LogP contribution >= 0.6 is 36.2 Å². The van der Waals surface area contributed by atoms with Crippen molar-refractivity contribution >= 4 is 41.3 Å². The first kappa shape index (κ1) is 16.2. The van der Waals surface area contributed by atoms with Gasteiger partial charge >= 0.3 is 0 Å². The number of anilines is 1. The summed E-state index contributed by atoms with van der Waals surface area (Å²) in [4.78, 5) is 7.08. The van der Waals surface area contributed by atoms with Crippen LogP contribution in [0.15, 0.2) is 35.7 Å². The highest BCUT2D eigenvalue weighted by molar-refractivity contribution is 7.14. The highest BCUT2D eigenvalue weighted by Crippen LogP contribution is 2.27. The van der Waals surface area contributed by atoms with Gasteiger partial charge in [0.25, 0.3) is 0 Å². The van der Waals surface area contributed by atoms with E-state index in [0.29, 0.717) is 0 Å². The minimum Gasteiger partial charge on any atom is -0.346 e. The third-order valence-corrected chi connectivity index (χ3v) is 3.85. The molecule has 3 rings (SSSR count). The number of nitrogens with one attached hydrogen (secondary N) is 1. The van der Waals surface area contributed by atoms with Crippen molar-refractivity contribution in [3.63, 3.8) is 0 Å². The van der Waals surface area contributed by atoms with Gasteiger partial charge in [-0.2, -0.15) is 0 Å². The van der Waals surface area contributed by atoms with E-state index in [1.54, 1.807) is 11.3 Å². The summed E-state index contributed by atoms with van der Waals surface area (Å²) >= 11 is 1.74. The monoisotopic (exact) mass is 317 g/mol. The Morgan fingerprint density at radius 2 is 1.74 bits per heavy atom. The lowest BCUT2D eigenvalue weighted by Crippen LogP contribution is -2.43. The van der Waals surface area contributed by atoms with Gasteiger partial charge in [0, 0.05) is 37.1 Å². The molecule has 0 bridgehead atoms. The number of nitrogens with zero attached hydrogens (tertiary/aromatic N) is 2. The maximum atomic E-state index is 4.72. The smallest absolute Gasteiger partial charge is 0.185 e. The fraction of sp³-hybridized carbons (Fsp3) is 0.308. The fourth-order valence-electron chi connectivity index (χ4n) is 2.01. The molecule has 1 N–H and O–H groups in total. The Morgan fingerprint density at radius 1 is 1.05 bits per heavy atom. The van der Waals surface area contributed by atoms with Crippen molar-refractivity contribution in [2.24, 2.45) is 0 Å². The molecule has 104 valence electrons. The van der Waals surface area contributed by atoms with Crippen LogP contribution in [0.25, 0.3) is 11.3 Å². The summed E-state index contributed by atoms with van der Waals surface area (Å²) in [5.41, 5.74) is 2.29. The van der Waals surface area contributed by atoms with Crippen molar-refractivity contribution in [2.75, 3.05) is 31.1 Å². The second kappa shape index (κ2) is 7.70. The molecule has 0 unspecified atom stereocenters. The van der Waals surface area contributed by atoms with Crippen LogP contribution in [0.2, 0.25) is 0 Å². The maximum absolute atomic E-state index is 4.72. The Bertz CT molecular complexity index is 484. The van der Waals surface area contributed by atoms with Crippen LogP contribution in [0.5, 0.6) is 0 Å². The molecule has 2 aromatic rings. The molecule has 1 aromatic carbocycles. The number of benzene rings is 1. The van der Waals surface area contributed by atoms with Gasteiger partial charge in [0.1, 0.15) is 0 Å². The van der Waals surface area contributed by atoms with Gasteiger partial charge in [0.2, 0.25) is 0 Å². The van der Waals surface area contributed by atoms with E-state index in [1.807, 2.05) is 6.07 Å². The van der Waals surface area contributed by atoms with Crippen molar-refractivity contribution in [2.45, 2.75) is 0 Å². The van der Waals surface area contributed by atoms with Gasteiger partial charge in [0.15, 0.2) is 5.13 Å². The van der Waals surface area contributed by atoms with Gasteiger partial charge in [-0.05, 0) is 0 Å². The zero-order chi connectivity index (χ0) is 11.5. The van der Waals surface area contributed by atoms with Crippen molar-refractivity contribution < 1.29 is 0 Å².